The van der Waals surface area contributed by atoms with E-state index >= 15 is 0 Å². The monoisotopic (exact) mass is 339 g/mol. The van der Waals surface area contributed by atoms with Crippen molar-refractivity contribution in [2.45, 2.75) is 12.8 Å². The first-order valence-electron chi connectivity index (χ1n) is 8.39. The summed E-state index contributed by atoms with van der Waals surface area (Å²) in [6.07, 6.45) is 1.98. The molecule has 6 nitrogen and oxygen atoms in total. The van der Waals surface area contributed by atoms with Crippen molar-refractivity contribution in [3.8, 4) is 0 Å². The van der Waals surface area contributed by atoms with E-state index in [1.165, 1.54) is 0 Å². The smallest absolute Gasteiger partial charge is 0.224 e. The van der Waals surface area contributed by atoms with Crippen molar-refractivity contribution in [1.82, 2.24) is 4.98 Å². The van der Waals surface area contributed by atoms with Gasteiger partial charge in [0.25, 0.3) is 0 Å². The molecule has 1 saturated heterocycles. The fraction of sp³-hybridized carbons (Fsp3) is 0.316. The zero-order chi connectivity index (χ0) is 17.5. The van der Waals surface area contributed by atoms with E-state index in [1.807, 2.05) is 30.3 Å². The average molecular weight is 339 g/mol. The van der Waals surface area contributed by atoms with Crippen LogP contribution in [0.15, 0.2) is 48.7 Å². The van der Waals surface area contributed by atoms with Crippen molar-refractivity contribution in [2.75, 3.05) is 36.5 Å². The fourth-order valence-corrected chi connectivity index (χ4v) is 2.66. The Bertz CT molecular complexity index is 710. The van der Waals surface area contributed by atoms with E-state index in [9.17, 15) is 9.59 Å². The maximum absolute atomic E-state index is 12.0. The highest BCUT2D eigenvalue weighted by Crippen LogP contribution is 2.16. The van der Waals surface area contributed by atoms with Crippen molar-refractivity contribution in [2.24, 2.45) is 0 Å². The van der Waals surface area contributed by atoms with Crippen LogP contribution in [0.3, 0.4) is 0 Å². The number of rotatable bonds is 6. The molecule has 1 fully saturated rings. The summed E-state index contributed by atoms with van der Waals surface area (Å²) in [6, 6.07) is 12.7. The van der Waals surface area contributed by atoms with Gasteiger partial charge in [-0.15, -0.1) is 0 Å². The quantitative estimate of drug-likeness (QED) is 0.819. The third-order valence-corrected chi connectivity index (χ3v) is 4.04. The van der Waals surface area contributed by atoms with Crippen molar-refractivity contribution in [1.29, 1.82) is 0 Å². The number of amides is 1. The lowest BCUT2D eigenvalue weighted by molar-refractivity contribution is -0.116. The normalized spacial score (nSPS) is 14.2. The number of carbonyl (C=O) groups excluding carboxylic acids is 2. The lowest BCUT2D eigenvalue weighted by Gasteiger charge is -2.27. The second-order valence-electron chi connectivity index (χ2n) is 5.84. The first kappa shape index (κ1) is 17.1. The molecule has 0 aliphatic carbocycles. The number of nitrogens with zero attached hydrogens (tertiary/aromatic N) is 2. The maximum Gasteiger partial charge on any atom is 0.224 e. The molecule has 1 aliphatic heterocycles. The number of nitrogens with one attached hydrogen (secondary N) is 1. The zero-order valence-electron chi connectivity index (χ0n) is 14.0. The number of hydrogen-bond donors (Lipinski definition) is 1. The topological polar surface area (TPSA) is 71.5 Å². The summed E-state index contributed by atoms with van der Waals surface area (Å²) >= 11 is 0. The Morgan fingerprint density at radius 2 is 1.80 bits per heavy atom. The predicted octanol–water partition coefficient (Wildman–Crippen LogP) is 2.52. The Balaban J connectivity index is 1.48. The highest BCUT2D eigenvalue weighted by atomic mass is 16.5. The zero-order valence-corrected chi connectivity index (χ0v) is 14.0. The van der Waals surface area contributed by atoms with Crippen LogP contribution in [0.25, 0.3) is 0 Å². The van der Waals surface area contributed by atoms with E-state index in [0.29, 0.717) is 24.5 Å². The van der Waals surface area contributed by atoms with Gasteiger partial charge in [0.2, 0.25) is 5.91 Å². The Morgan fingerprint density at radius 3 is 2.48 bits per heavy atom. The third kappa shape index (κ3) is 4.87. The first-order chi connectivity index (χ1) is 12.2. The molecule has 0 bridgehead atoms. The molecule has 6 heteroatoms. The van der Waals surface area contributed by atoms with Crippen LogP contribution >= 0.6 is 0 Å². The molecule has 0 spiro atoms. The molecule has 1 aromatic carbocycles. The van der Waals surface area contributed by atoms with Crippen LogP contribution in [0.5, 0.6) is 0 Å². The van der Waals surface area contributed by atoms with Gasteiger partial charge in [-0.1, -0.05) is 30.3 Å². The highest BCUT2D eigenvalue weighted by molar-refractivity contribution is 5.99. The molecule has 1 amide bonds. The molecule has 1 aliphatic rings. The number of ether oxygens (including phenoxy) is 1. The van der Waals surface area contributed by atoms with Gasteiger partial charge in [0.1, 0.15) is 5.82 Å². The van der Waals surface area contributed by atoms with E-state index in [-0.39, 0.29) is 24.5 Å². The van der Waals surface area contributed by atoms with Gasteiger partial charge in [-0.2, -0.15) is 0 Å². The summed E-state index contributed by atoms with van der Waals surface area (Å²) in [5.74, 6) is 0.655. The summed E-state index contributed by atoms with van der Waals surface area (Å²) in [5, 5.41) is 2.78. The molecule has 0 radical (unpaired) electrons. The SMILES string of the molecule is O=C(CCC(=O)c1ccccc1)Nc1ccc(N2CCOCC2)nc1. The van der Waals surface area contributed by atoms with Crippen LogP contribution in [0.4, 0.5) is 11.5 Å². The summed E-state index contributed by atoms with van der Waals surface area (Å²) in [7, 11) is 0. The standard InChI is InChI=1S/C19H21N3O3/c23-17(15-4-2-1-3-5-15)7-9-19(24)21-16-6-8-18(20-14-16)22-10-12-25-13-11-22/h1-6,8,14H,7,9-13H2,(H,21,24). The number of carbonyl (C=O) groups is 2. The number of pyridine rings is 1. The van der Waals surface area contributed by atoms with Gasteiger partial charge >= 0.3 is 0 Å². The molecule has 0 atom stereocenters. The van der Waals surface area contributed by atoms with Gasteiger partial charge in [0.15, 0.2) is 5.78 Å². The van der Waals surface area contributed by atoms with Crippen LogP contribution < -0.4 is 10.2 Å². The van der Waals surface area contributed by atoms with E-state index < -0.39 is 0 Å². The van der Waals surface area contributed by atoms with Gasteiger partial charge in [0, 0.05) is 31.5 Å². The highest BCUT2D eigenvalue weighted by Gasteiger charge is 2.13. The molecular formula is C19H21N3O3. The van der Waals surface area contributed by atoms with Gasteiger partial charge < -0.3 is 15.0 Å². The van der Waals surface area contributed by atoms with E-state index in [4.69, 9.17) is 4.74 Å². The van der Waals surface area contributed by atoms with E-state index in [0.717, 1.165) is 18.9 Å². The summed E-state index contributed by atoms with van der Waals surface area (Å²) in [6.45, 7) is 3.05. The Labute approximate surface area is 146 Å². The Morgan fingerprint density at radius 1 is 1.04 bits per heavy atom. The maximum atomic E-state index is 12.0. The fourth-order valence-electron chi connectivity index (χ4n) is 2.66. The number of morpholine rings is 1. The van der Waals surface area contributed by atoms with Gasteiger partial charge in [-0.3, -0.25) is 9.59 Å². The summed E-state index contributed by atoms with van der Waals surface area (Å²) < 4.78 is 5.32. The number of hydrogen-bond acceptors (Lipinski definition) is 5. The molecule has 25 heavy (non-hydrogen) atoms. The van der Waals surface area contributed by atoms with Gasteiger partial charge in [-0.05, 0) is 12.1 Å². The molecule has 130 valence electrons. The lowest BCUT2D eigenvalue weighted by atomic mass is 10.1. The largest absolute Gasteiger partial charge is 0.378 e. The Kier molecular flexibility index (Phi) is 5.74. The second-order valence-corrected chi connectivity index (χ2v) is 5.84. The second kappa shape index (κ2) is 8.39. The van der Waals surface area contributed by atoms with Gasteiger partial charge in [0.05, 0.1) is 25.1 Å². The minimum Gasteiger partial charge on any atom is -0.378 e. The molecular weight excluding hydrogens is 318 g/mol. The molecule has 1 N–H and O–H groups in total. The van der Waals surface area contributed by atoms with Crippen molar-refractivity contribution in [3.63, 3.8) is 0 Å². The van der Waals surface area contributed by atoms with Crippen LogP contribution in [-0.2, 0) is 9.53 Å². The molecule has 1 aromatic heterocycles. The van der Waals surface area contributed by atoms with Crippen molar-refractivity contribution < 1.29 is 14.3 Å². The van der Waals surface area contributed by atoms with Crippen LogP contribution in [0.2, 0.25) is 0 Å². The molecule has 2 aromatic rings. The van der Waals surface area contributed by atoms with Gasteiger partial charge in [-0.25, -0.2) is 4.98 Å². The van der Waals surface area contributed by atoms with Crippen LogP contribution in [0.1, 0.15) is 23.2 Å². The first-order valence-corrected chi connectivity index (χ1v) is 8.39. The number of benzene rings is 1. The average Bonchev–Trinajstić information content (AvgIpc) is 2.68. The van der Waals surface area contributed by atoms with Crippen molar-refractivity contribution in [3.05, 3.63) is 54.2 Å². The third-order valence-electron chi connectivity index (χ3n) is 4.04. The minimum absolute atomic E-state index is 0.0310. The number of aromatic nitrogens is 1. The molecule has 0 saturated carbocycles. The van der Waals surface area contributed by atoms with Crippen molar-refractivity contribution >= 4 is 23.2 Å². The van der Waals surface area contributed by atoms with E-state index in [2.05, 4.69) is 15.2 Å². The lowest BCUT2D eigenvalue weighted by Crippen LogP contribution is -2.36. The summed E-state index contributed by atoms with van der Waals surface area (Å²) in [4.78, 5) is 30.6. The molecule has 3 rings (SSSR count). The number of ketones is 1. The minimum atomic E-state index is -0.190. The van der Waals surface area contributed by atoms with Crippen LogP contribution in [0, 0.1) is 0 Å². The summed E-state index contributed by atoms with van der Waals surface area (Å²) in [5.41, 5.74) is 1.26. The predicted molar refractivity (Wildman–Crippen MR) is 95.9 cm³/mol. The number of Topliss-reactive ketones (excluding diaryl/α,β-unsaturated/α-hetero) is 1. The van der Waals surface area contributed by atoms with E-state index in [1.54, 1.807) is 18.3 Å². The molecule has 0 unspecified atom stereocenters. The van der Waals surface area contributed by atoms with Crippen LogP contribution in [-0.4, -0.2) is 43.0 Å². The Hall–Kier alpha value is -2.73. The number of anilines is 2. The molecule has 2 heterocycles.